The molecule has 1 saturated carbocycles. The number of terminal acetylenes is 1. The second-order valence-corrected chi connectivity index (χ2v) is 7.96. The number of nitrogens with zero attached hydrogens (tertiary/aromatic N) is 1. The maximum Gasteiger partial charge on any atom is 0.375 e. The molecule has 2 unspecified atom stereocenters. The molecule has 2 heterocycles. The van der Waals surface area contributed by atoms with Crippen LogP contribution in [0.1, 0.15) is 54.1 Å². The number of hydrogen-bond donors (Lipinski definition) is 2. The number of amides is 1. The predicted molar refractivity (Wildman–Crippen MR) is 116 cm³/mol. The molecule has 0 bridgehead atoms. The first-order valence-corrected chi connectivity index (χ1v) is 10.7. The molecule has 0 aromatic heterocycles. The summed E-state index contributed by atoms with van der Waals surface area (Å²) in [5.74, 6) is 3.77. The number of allylic oxidation sites excluding steroid dienone is 2. The summed E-state index contributed by atoms with van der Waals surface area (Å²) < 4.78 is 5.83. The Hall–Kier alpha value is -2.94. The van der Waals surface area contributed by atoms with Crippen LogP contribution in [0.2, 0.25) is 0 Å². The summed E-state index contributed by atoms with van der Waals surface area (Å²) in [5.41, 5.74) is 2.77. The molecule has 1 amide bonds. The SMILES string of the molecule is C#CCN(C(=O)c1ccc(C(OC)C2=C[NH+]=C3C=CC=C[NH+]23)cc1)C1CCCCC1. The Morgan fingerprint density at radius 3 is 2.73 bits per heavy atom. The lowest BCUT2D eigenvalue weighted by Crippen LogP contribution is -3.11. The van der Waals surface area contributed by atoms with Crippen LogP contribution >= 0.6 is 0 Å². The first-order valence-electron chi connectivity index (χ1n) is 10.7. The van der Waals surface area contributed by atoms with E-state index in [4.69, 9.17) is 11.2 Å². The van der Waals surface area contributed by atoms with Gasteiger partial charge in [-0.25, -0.2) is 0 Å². The van der Waals surface area contributed by atoms with Crippen LogP contribution in [0.5, 0.6) is 0 Å². The van der Waals surface area contributed by atoms with Crippen LogP contribution in [0.3, 0.4) is 0 Å². The van der Waals surface area contributed by atoms with E-state index in [9.17, 15) is 4.79 Å². The fourth-order valence-corrected chi connectivity index (χ4v) is 4.58. The molecule has 0 radical (unpaired) electrons. The summed E-state index contributed by atoms with van der Waals surface area (Å²) in [6, 6.07) is 8.01. The molecule has 2 atom stereocenters. The summed E-state index contributed by atoms with van der Waals surface area (Å²) in [5, 5.41) is 0. The zero-order chi connectivity index (χ0) is 20.9. The van der Waals surface area contributed by atoms with Crippen LogP contribution in [0.25, 0.3) is 0 Å². The number of methoxy groups -OCH3 is 1. The van der Waals surface area contributed by atoms with Crippen molar-refractivity contribution in [3.63, 3.8) is 0 Å². The van der Waals surface area contributed by atoms with Crippen molar-refractivity contribution in [2.45, 2.75) is 44.2 Å². The normalized spacial score (nSPS) is 21.4. The third-order valence-electron chi connectivity index (χ3n) is 6.14. The molecule has 0 spiro atoms. The number of carbonyl (C=O) groups excluding carboxylic acids is 1. The number of quaternary nitrogens is 1. The minimum Gasteiger partial charge on any atom is -0.366 e. The Morgan fingerprint density at radius 2 is 2.03 bits per heavy atom. The summed E-state index contributed by atoms with van der Waals surface area (Å²) >= 11 is 0. The van der Waals surface area contributed by atoms with Crippen LogP contribution in [-0.4, -0.2) is 36.3 Å². The van der Waals surface area contributed by atoms with Crippen molar-refractivity contribution in [2.24, 2.45) is 0 Å². The lowest BCUT2D eigenvalue weighted by molar-refractivity contribution is -0.716. The van der Waals surface area contributed by atoms with Crippen molar-refractivity contribution in [3.8, 4) is 12.3 Å². The molecule has 30 heavy (non-hydrogen) atoms. The van der Waals surface area contributed by atoms with E-state index in [1.165, 1.54) is 6.42 Å². The molecule has 5 nitrogen and oxygen atoms in total. The summed E-state index contributed by atoms with van der Waals surface area (Å²) in [4.78, 5) is 19.5. The van der Waals surface area contributed by atoms with Crippen LogP contribution in [0.15, 0.2) is 60.6 Å². The highest BCUT2D eigenvalue weighted by Crippen LogP contribution is 2.26. The van der Waals surface area contributed by atoms with Gasteiger partial charge in [0.2, 0.25) is 11.9 Å². The largest absolute Gasteiger partial charge is 0.375 e. The Morgan fingerprint density at radius 1 is 1.27 bits per heavy atom. The zero-order valence-corrected chi connectivity index (χ0v) is 17.4. The number of carbonyl (C=O) groups is 1. The first kappa shape index (κ1) is 20.3. The van der Waals surface area contributed by atoms with Gasteiger partial charge in [-0.3, -0.25) is 4.79 Å². The molecule has 4 rings (SSSR count). The molecule has 1 aliphatic carbocycles. The zero-order valence-electron chi connectivity index (χ0n) is 17.4. The highest BCUT2D eigenvalue weighted by molar-refractivity contribution is 5.94. The second-order valence-electron chi connectivity index (χ2n) is 7.96. The number of amidine groups is 1. The van der Waals surface area contributed by atoms with Crippen molar-refractivity contribution in [1.29, 1.82) is 0 Å². The molecule has 1 fully saturated rings. The van der Waals surface area contributed by atoms with Gasteiger partial charge in [0.1, 0.15) is 6.20 Å². The van der Waals surface area contributed by atoms with Gasteiger partial charge in [0, 0.05) is 18.7 Å². The quantitative estimate of drug-likeness (QED) is 0.699. The molecule has 3 aliphatic rings. The molecule has 2 N–H and O–H groups in total. The average Bonchev–Trinajstić information content (AvgIpc) is 3.23. The smallest absolute Gasteiger partial charge is 0.366 e. The van der Waals surface area contributed by atoms with Gasteiger partial charge < -0.3 is 9.64 Å². The lowest BCUT2D eigenvalue weighted by Gasteiger charge is -2.33. The van der Waals surface area contributed by atoms with Crippen molar-refractivity contribution < 1.29 is 19.4 Å². The van der Waals surface area contributed by atoms with Gasteiger partial charge in [0.05, 0.1) is 12.6 Å². The summed E-state index contributed by atoms with van der Waals surface area (Å²) in [6.45, 7) is 0.362. The molecular weight excluding hydrogens is 374 g/mol. The van der Waals surface area contributed by atoms with E-state index in [2.05, 4.69) is 23.2 Å². The summed E-state index contributed by atoms with van der Waals surface area (Å²) in [6.07, 6.45) is 21.2. The van der Waals surface area contributed by atoms with Crippen molar-refractivity contribution >= 4 is 11.7 Å². The van der Waals surface area contributed by atoms with Gasteiger partial charge in [-0.2, -0.15) is 9.89 Å². The van der Waals surface area contributed by atoms with E-state index in [0.717, 1.165) is 47.7 Å². The highest BCUT2D eigenvalue weighted by Gasteiger charge is 2.37. The number of rotatable bonds is 6. The fourth-order valence-electron chi connectivity index (χ4n) is 4.58. The Bertz CT molecular complexity index is 944. The number of fused-ring (bicyclic) bond motifs is 1. The highest BCUT2D eigenvalue weighted by atomic mass is 16.5. The van der Waals surface area contributed by atoms with Crippen LogP contribution in [0, 0.1) is 12.3 Å². The number of hydrogen-bond acceptors (Lipinski definition) is 2. The van der Waals surface area contributed by atoms with Crippen molar-refractivity contribution in [2.75, 3.05) is 13.7 Å². The molecule has 1 aromatic carbocycles. The van der Waals surface area contributed by atoms with E-state index >= 15 is 0 Å². The maximum absolute atomic E-state index is 13.2. The monoisotopic (exact) mass is 403 g/mol. The third kappa shape index (κ3) is 4.02. The molecule has 5 heteroatoms. The number of ether oxygens (including phenoxy) is 1. The van der Waals surface area contributed by atoms with Gasteiger partial charge >= 0.3 is 5.84 Å². The van der Waals surface area contributed by atoms with E-state index in [1.54, 1.807) is 7.11 Å². The van der Waals surface area contributed by atoms with Gasteiger partial charge in [-0.1, -0.05) is 37.3 Å². The van der Waals surface area contributed by atoms with Gasteiger partial charge in [-0.05, 0) is 42.7 Å². The van der Waals surface area contributed by atoms with Crippen molar-refractivity contribution in [1.82, 2.24) is 4.90 Å². The van der Waals surface area contributed by atoms with Crippen LogP contribution in [-0.2, 0) is 4.74 Å². The van der Waals surface area contributed by atoms with Gasteiger partial charge in [0.15, 0.2) is 6.10 Å². The maximum atomic E-state index is 13.2. The second kappa shape index (κ2) is 9.25. The van der Waals surface area contributed by atoms with Crippen molar-refractivity contribution in [3.05, 3.63) is 71.7 Å². The van der Waals surface area contributed by atoms with E-state index in [1.807, 2.05) is 47.5 Å². The van der Waals surface area contributed by atoms with E-state index < -0.39 is 0 Å². The molecular formula is C25H29N3O2+2. The Labute approximate surface area is 178 Å². The number of nitrogens with one attached hydrogen (secondary N) is 2. The fraction of sp³-hybridized carbons (Fsp3) is 0.360. The first-order chi connectivity index (χ1) is 14.7. The minimum absolute atomic E-state index is 0.0208. The predicted octanol–water partition coefficient (Wildman–Crippen LogP) is 1.08. The molecule has 2 aliphatic heterocycles. The van der Waals surface area contributed by atoms with E-state index in [-0.39, 0.29) is 18.1 Å². The van der Waals surface area contributed by atoms with Crippen LogP contribution in [0.4, 0.5) is 0 Å². The molecule has 154 valence electrons. The Kier molecular flexibility index (Phi) is 6.27. The van der Waals surface area contributed by atoms with Gasteiger partial charge in [-0.15, -0.1) is 6.42 Å². The topological polar surface area (TPSA) is 48.0 Å². The Balaban J connectivity index is 1.51. The van der Waals surface area contributed by atoms with E-state index in [0.29, 0.717) is 12.1 Å². The third-order valence-corrected chi connectivity index (χ3v) is 6.14. The molecule has 0 saturated heterocycles. The molecule has 1 aromatic rings. The van der Waals surface area contributed by atoms with Crippen LogP contribution < -0.4 is 9.89 Å². The average molecular weight is 404 g/mol. The lowest BCUT2D eigenvalue weighted by atomic mass is 9.93. The standard InChI is InChI=1S/C25H27N3O2/c1-3-16-27(21-9-5-4-6-10-21)25(29)20-14-12-19(13-15-20)24(30-2)22-18-26-23-11-7-8-17-28(22)23/h1,7-8,11-15,17-18,21,24H,4-6,9-10,16H2,2H3/p+2. The van der Waals surface area contributed by atoms with Gasteiger partial charge in [0.25, 0.3) is 5.91 Å². The number of benzene rings is 1. The minimum atomic E-state index is -0.203. The summed E-state index contributed by atoms with van der Waals surface area (Å²) in [7, 11) is 1.71.